The van der Waals surface area contributed by atoms with E-state index in [2.05, 4.69) is 11.7 Å². The van der Waals surface area contributed by atoms with Gasteiger partial charge in [-0.1, -0.05) is 10.8 Å². The lowest BCUT2D eigenvalue weighted by Gasteiger charge is -1.89. The first kappa shape index (κ1) is 7.28. The highest BCUT2D eigenvalue weighted by Gasteiger charge is 1.92. The standard InChI is InChI=1S/C2H4Cl2S2/c3-2(4)1-6-5/h2,5H,1H2. The Labute approximate surface area is 56.4 Å². The number of hydrogen-bond acceptors (Lipinski definition) is 2. The van der Waals surface area contributed by atoms with Crippen LogP contribution in [-0.4, -0.2) is 10.6 Å². The Morgan fingerprint density at radius 1 is 1.67 bits per heavy atom. The van der Waals surface area contributed by atoms with E-state index in [9.17, 15) is 0 Å². The van der Waals surface area contributed by atoms with Crippen LogP contribution in [0.1, 0.15) is 0 Å². The van der Waals surface area contributed by atoms with E-state index in [0.29, 0.717) is 5.75 Å². The van der Waals surface area contributed by atoms with E-state index in [4.69, 9.17) is 23.2 Å². The van der Waals surface area contributed by atoms with Crippen molar-refractivity contribution >= 4 is 45.7 Å². The summed E-state index contributed by atoms with van der Waals surface area (Å²) in [5.74, 6) is 0.687. The highest BCUT2D eigenvalue weighted by atomic mass is 35.5. The van der Waals surface area contributed by atoms with E-state index in [1.54, 1.807) is 0 Å². The van der Waals surface area contributed by atoms with Gasteiger partial charge < -0.3 is 0 Å². The molecule has 0 aromatic rings. The van der Waals surface area contributed by atoms with Crippen LogP contribution in [-0.2, 0) is 0 Å². The van der Waals surface area contributed by atoms with Crippen molar-refractivity contribution in [2.24, 2.45) is 0 Å². The molecule has 0 N–H and O–H groups in total. The molecule has 0 bridgehead atoms. The molecule has 0 aliphatic heterocycles. The van der Waals surface area contributed by atoms with Gasteiger partial charge in [-0.05, 0) is 0 Å². The Bertz CT molecular complexity index is 30.7. The first-order valence-electron chi connectivity index (χ1n) is 1.32. The largest absolute Gasteiger partial charge is 0.117 e. The summed E-state index contributed by atoms with van der Waals surface area (Å²) in [6.07, 6.45) is 0. The summed E-state index contributed by atoms with van der Waals surface area (Å²) in [5.41, 5.74) is 0. The van der Waals surface area contributed by atoms with E-state index < -0.39 is 0 Å². The van der Waals surface area contributed by atoms with Gasteiger partial charge in [-0.15, -0.1) is 34.9 Å². The van der Waals surface area contributed by atoms with E-state index in [1.165, 1.54) is 10.8 Å². The van der Waals surface area contributed by atoms with Crippen LogP contribution in [0.4, 0.5) is 0 Å². The van der Waals surface area contributed by atoms with E-state index in [-0.39, 0.29) is 4.84 Å². The zero-order chi connectivity index (χ0) is 4.99. The number of rotatable bonds is 2. The third-order valence-electron chi connectivity index (χ3n) is 0.201. The average Bonchev–Trinajstić information content (AvgIpc) is 1.35. The minimum absolute atomic E-state index is 0.271. The van der Waals surface area contributed by atoms with Crippen molar-refractivity contribution in [3.8, 4) is 0 Å². The minimum atomic E-state index is -0.271. The third-order valence-corrected chi connectivity index (χ3v) is 1.80. The molecule has 0 nitrogen and oxygen atoms in total. The van der Waals surface area contributed by atoms with Crippen molar-refractivity contribution in [2.45, 2.75) is 4.84 Å². The van der Waals surface area contributed by atoms with Crippen molar-refractivity contribution in [1.82, 2.24) is 0 Å². The fourth-order valence-electron chi connectivity index (χ4n) is 0.0563. The Morgan fingerprint density at radius 2 is 2.17 bits per heavy atom. The second kappa shape index (κ2) is 4.44. The number of thiol groups is 1. The van der Waals surface area contributed by atoms with E-state index >= 15 is 0 Å². The molecule has 0 atom stereocenters. The molecule has 0 amide bonds. The topological polar surface area (TPSA) is 0 Å². The van der Waals surface area contributed by atoms with Crippen LogP contribution in [0.2, 0.25) is 0 Å². The van der Waals surface area contributed by atoms with Gasteiger partial charge in [0.2, 0.25) is 0 Å². The molecule has 0 aromatic heterocycles. The molecule has 6 heavy (non-hydrogen) atoms. The Kier molecular flexibility index (Phi) is 5.39. The van der Waals surface area contributed by atoms with Gasteiger partial charge in [0.15, 0.2) is 0 Å². The Morgan fingerprint density at radius 3 is 2.17 bits per heavy atom. The van der Waals surface area contributed by atoms with Gasteiger partial charge in [0.05, 0.1) is 0 Å². The summed E-state index contributed by atoms with van der Waals surface area (Å²) in [6, 6.07) is 0. The molecule has 0 aliphatic carbocycles. The lowest BCUT2D eigenvalue weighted by atomic mass is 10.9. The maximum absolute atomic E-state index is 5.27. The first-order chi connectivity index (χ1) is 2.77. The van der Waals surface area contributed by atoms with Crippen molar-refractivity contribution in [2.75, 3.05) is 5.75 Å². The van der Waals surface area contributed by atoms with Crippen molar-refractivity contribution in [3.63, 3.8) is 0 Å². The monoisotopic (exact) mass is 162 g/mol. The zero-order valence-electron chi connectivity index (χ0n) is 2.90. The Hall–Kier alpha value is 1.28. The molecule has 4 heteroatoms. The molecule has 0 saturated heterocycles. The molecular weight excluding hydrogens is 159 g/mol. The fourth-order valence-corrected chi connectivity index (χ4v) is 1.52. The lowest BCUT2D eigenvalue weighted by molar-refractivity contribution is 1.42. The predicted molar refractivity (Wildman–Crippen MR) is 36.9 cm³/mol. The molecule has 0 heterocycles. The molecule has 0 radical (unpaired) electrons. The molecule has 0 spiro atoms. The molecule has 0 fully saturated rings. The van der Waals surface area contributed by atoms with Crippen LogP contribution < -0.4 is 0 Å². The second-order valence-corrected chi connectivity index (χ2v) is 3.33. The number of alkyl halides is 2. The maximum Gasteiger partial charge on any atom is 0.117 e. The molecule has 0 rings (SSSR count). The fraction of sp³-hybridized carbons (Fsp3) is 1.00. The third kappa shape index (κ3) is 5.28. The van der Waals surface area contributed by atoms with Crippen LogP contribution in [0.3, 0.4) is 0 Å². The summed E-state index contributed by atoms with van der Waals surface area (Å²) >= 11 is 14.4. The predicted octanol–water partition coefficient (Wildman–Crippen LogP) is 2.37. The van der Waals surface area contributed by atoms with Gasteiger partial charge in [-0.25, -0.2) is 0 Å². The molecule has 0 saturated carbocycles. The van der Waals surface area contributed by atoms with Crippen molar-refractivity contribution in [3.05, 3.63) is 0 Å². The number of hydrogen-bond donors (Lipinski definition) is 1. The quantitative estimate of drug-likeness (QED) is 0.370. The van der Waals surface area contributed by atoms with Gasteiger partial charge in [0.25, 0.3) is 0 Å². The van der Waals surface area contributed by atoms with Crippen LogP contribution in [0.5, 0.6) is 0 Å². The van der Waals surface area contributed by atoms with Gasteiger partial charge in [-0.3, -0.25) is 0 Å². The summed E-state index contributed by atoms with van der Waals surface area (Å²) in [5, 5.41) is 0. The SMILES string of the molecule is SSCC(Cl)Cl. The minimum Gasteiger partial charge on any atom is -0.111 e. The van der Waals surface area contributed by atoms with Crippen molar-refractivity contribution < 1.29 is 0 Å². The van der Waals surface area contributed by atoms with Crippen molar-refractivity contribution in [1.29, 1.82) is 0 Å². The van der Waals surface area contributed by atoms with E-state index in [0.717, 1.165) is 0 Å². The molecule has 0 aliphatic rings. The van der Waals surface area contributed by atoms with Crippen LogP contribution in [0.15, 0.2) is 0 Å². The summed E-state index contributed by atoms with van der Waals surface area (Å²) < 4.78 is 0. The van der Waals surface area contributed by atoms with Crippen LogP contribution >= 0.6 is 45.7 Å². The molecular formula is C2H4Cl2S2. The van der Waals surface area contributed by atoms with Gasteiger partial charge in [-0.2, -0.15) is 0 Å². The second-order valence-electron chi connectivity index (χ2n) is 0.687. The highest BCUT2D eigenvalue weighted by molar-refractivity contribution is 8.68. The normalized spacial score (nSPS) is 10.0. The van der Waals surface area contributed by atoms with Crippen LogP contribution in [0.25, 0.3) is 0 Å². The Balaban J connectivity index is 2.63. The average molecular weight is 163 g/mol. The number of halogens is 2. The zero-order valence-corrected chi connectivity index (χ0v) is 6.12. The highest BCUT2D eigenvalue weighted by Crippen LogP contribution is 2.13. The van der Waals surface area contributed by atoms with Gasteiger partial charge >= 0.3 is 0 Å². The summed E-state index contributed by atoms with van der Waals surface area (Å²) in [4.78, 5) is -0.271. The first-order valence-corrected chi connectivity index (χ1v) is 4.23. The summed E-state index contributed by atoms with van der Waals surface area (Å²) in [6.45, 7) is 0. The van der Waals surface area contributed by atoms with Crippen LogP contribution in [0, 0.1) is 0 Å². The molecule has 38 valence electrons. The molecule has 0 aromatic carbocycles. The van der Waals surface area contributed by atoms with E-state index in [1.807, 2.05) is 0 Å². The maximum atomic E-state index is 5.27. The van der Waals surface area contributed by atoms with Gasteiger partial charge in [0.1, 0.15) is 4.84 Å². The van der Waals surface area contributed by atoms with Gasteiger partial charge in [0, 0.05) is 5.75 Å². The lowest BCUT2D eigenvalue weighted by Crippen LogP contribution is -1.85. The summed E-state index contributed by atoms with van der Waals surface area (Å²) in [7, 11) is 1.34. The smallest absolute Gasteiger partial charge is 0.111 e. The molecule has 0 unspecified atom stereocenters.